The van der Waals surface area contributed by atoms with E-state index in [2.05, 4.69) is 13.8 Å². The Labute approximate surface area is 55.7 Å². The summed E-state index contributed by atoms with van der Waals surface area (Å²) in [5, 5.41) is 0. The minimum atomic E-state index is -2.32. The molecule has 0 rings (SSSR count). The van der Waals surface area contributed by atoms with Crippen molar-refractivity contribution in [1.29, 1.82) is 0 Å². The van der Waals surface area contributed by atoms with E-state index < -0.39 is 19.0 Å². The van der Waals surface area contributed by atoms with Gasteiger partial charge in [0.2, 0.25) is 0 Å². The normalized spacial score (nSPS) is 15.0. The zero-order valence-electron chi connectivity index (χ0n) is 4.69. The molecule has 0 aromatic heterocycles. The van der Waals surface area contributed by atoms with Crippen molar-refractivity contribution in [3.05, 3.63) is 0 Å². The van der Waals surface area contributed by atoms with E-state index in [1.54, 1.807) is 0 Å². The van der Waals surface area contributed by atoms with Gasteiger partial charge in [-0.15, -0.1) is 0 Å². The molecule has 0 saturated heterocycles. The fourth-order valence-corrected chi connectivity index (χ4v) is 5.00. The molecule has 0 aliphatic carbocycles. The summed E-state index contributed by atoms with van der Waals surface area (Å²) in [5.74, 6) is 0.586. The Kier molecular flexibility index (Phi) is 4.58. The number of rotatable bonds is 2. The summed E-state index contributed by atoms with van der Waals surface area (Å²) in [4.78, 5) is 0. The van der Waals surface area contributed by atoms with Gasteiger partial charge in [0.25, 0.3) is 0 Å². The molecule has 0 amide bonds. The van der Waals surface area contributed by atoms with Crippen molar-refractivity contribution in [1.82, 2.24) is 0 Å². The first kappa shape index (κ1) is 8.05. The van der Waals surface area contributed by atoms with Crippen LogP contribution in [0.3, 0.4) is 0 Å². The number of hydrogen-bond acceptors (Lipinski definition) is 1. The molecular weight excluding hydrogens is 218 g/mol. The fraction of sp³-hybridized carbons (Fsp3) is 1.00. The molecule has 1 atom stereocenters. The van der Waals surface area contributed by atoms with Crippen LogP contribution < -0.4 is 0 Å². The van der Waals surface area contributed by atoms with Crippen molar-refractivity contribution in [2.75, 3.05) is 0 Å². The predicted molar refractivity (Wildman–Crippen MR) is 34.9 cm³/mol. The molecule has 3 heteroatoms. The van der Waals surface area contributed by atoms with Crippen molar-refractivity contribution in [2.24, 2.45) is 5.92 Å². The Morgan fingerprint density at radius 3 is 2.14 bits per heavy atom. The van der Waals surface area contributed by atoms with Crippen LogP contribution in [0.5, 0.6) is 0 Å². The average Bonchev–Trinajstić information content (AvgIpc) is 1.27. The minimum absolute atomic E-state index is 0.586. The van der Waals surface area contributed by atoms with Gasteiger partial charge in [0.1, 0.15) is 0 Å². The zero-order valence-corrected chi connectivity index (χ0v) is 8.74. The zero-order chi connectivity index (χ0) is 5.86. The quantitative estimate of drug-likeness (QED) is 0.703. The molecule has 0 aliphatic heterocycles. The first-order valence-corrected chi connectivity index (χ1v) is 10.4. The second-order valence-corrected chi connectivity index (χ2v) is 9.27. The molecule has 0 aliphatic rings. The average molecular weight is 229 g/mol. The van der Waals surface area contributed by atoms with Gasteiger partial charge < -0.3 is 0 Å². The summed E-state index contributed by atoms with van der Waals surface area (Å²) in [6.07, 6.45) is 0. The Morgan fingerprint density at radius 2 is 2.14 bits per heavy atom. The van der Waals surface area contributed by atoms with Gasteiger partial charge in [0, 0.05) is 0 Å². The Balaban J connectivity index is 2.95. The van der Waals surface area contributed by atoms with E-state index in [4.69, 9.17) is 12.4 Å². The SMILES string of the molecule is CC(C)[CH2][SnH]([OH])[Cl]. The third kappa shape index (κ3) is 7.05. The van der Waals surface area contributed by atoms with Gasteiger partial charge in [-0.2, -0.15) is 0 Å². The topological polar surface area (TPSA) is 20.2 Å². The second kappa shape index (κ2) is 3.98. The van der Waals surface area contributed by atoms with E-state index in [0.717, 1.165) is 4.44 Å². The van der Waals surface area contributed by atoms with Gasteiger partial charge in [0.05, 0.1) is 0 Å². The van der Waals surface area contributed by atoms with E-state index in [1.807, 2.05) is 0 Å². The van der Waals surface area contributed by atoms with Crippen molar-refractivity contribution < 1.29 is 3.44 Å². The van der Waals surface area contributed by atoms with E-state index in [9.17, 15) is 0 Å². The van der Waals surface area contributed by atoms with Crippen molar-refractivity contribution in [2.45, 2.75) is 18.3 Å². The van der Waals surface area contributed by atoms with Crippen LogP contribution >= 0.6 is 8.92 Å². The molecule has 44 valence electrons. The maximum atomic E-state index is 8.70. The van der Waals surface area contributed by atoms with E-state index in [1.165, 1.54) is 0 Å². The molecular formula is C4H11ClOSn. The van der Waals surface area contributed by atoms with Gasteiger partial charge in [-0.25, -0.2) is 0 Å². The molecule has 0 bridgehead atoms. The Bertz CT molecular complexity index is 41.0. The van der Waals surface area contributed by atoms with Gasteiger partial charge in [-0.3, -0.25) is 0 Å². The van der Waals surface area contributed by atoms with Crippen LogP contribution in [-0.4, -0.2) is 22.5 Å². The molecule has 1 unspecified atom stereocenters. The third-order valence-corrected chi connectivity index (χ3v) is 5.66. The van der Waals surface area contributed by atoms with E-state index >= 15 is 0 Å². The standard InChI is InChI=1S/C4H9.ClH.H2O.Sn.H/c1-4(2)3;;;;/h4H,1H2,2-3H3;1H;1H2;;/q;;;+2;/p-2. The molecule has 1 N–H and O–H groups in total. The molecule has 0 aromatic carbocycles. The van der Waals surface area contributed by atoms with Crippen LogP contribution in [0.1, 0.15) is 13.8 Å². The molecule has 1 nitrogen and oxygen atoms in total. The summed E-state index contributed by atoms with van der Waals surface area (Å²) in [7, 11) is 5.44. The first-order chi connectivity index (χ1) is 3.13. The monoisotopic (exact) mass is 230 g/mol. The third-order valence-electron chi connectivity index (χ3n) is 0.666. The fourth-order valence-electron chi connectivity index (χ4n) is 0.389. The molecule has 0 spiro atoms. The van der Waals surface area contributed by atoms with Crippen LogP contribution in [0.25, 0.3) is 0 Å². The van der Waals surface area contributed by atoms with Crippen LogP contribution in [0.15, 0.2) is 0 Å². The molecule has 0 saturated carbocycles. The van der Waals surface area contributed by atoms with Crippen molar-refractivity contribution in [3.63, 3.8) is 0 Å². The van der Waals surface area contributed by atoms with Gasteiger partial charge in [0.15, 0.2) is 0 Å². The van der Waals surface area contributed by atoms with Crippen molar-refractivity contribution >= 4 is 28.0 Å². The molecule has 7 heavy (non-hydrogen) atoms. The Morgan fingerprint density at radius 1 is 1.71 bits per heavy atom. The predicted octanol–water partition coefficient (Wildman–Crippen LogP) is 1.09. The van der Waals surface area contributed by atoms with Crippen LogP contribution in [0, 0.1) is 5.92 Å². The van der Waals surface area contributed by atoms with Crippen molar-refractivity contribution in [3.8, 4) is 0 Å². The summed E-state index contributed by atoms with van der Waals surface area (Å²) in [6, 6.07) is 0. The number of hydrogen-bond donors (Lipinski definition) is 1. The molecule has 0 heterocycles. The summed E-state index contributed by atoms with van der Waals surface area (Å²) < 4.78 is 9.59. The van der Waals surface area contributed by atoms with Gasteiger partial charge >= 0.3 is 55.6 Å². The Hall–Kier alpha value is 1.05. The first-order valence-electron chi connectivity index (χ1n) is 2.45. The number of halogens is 1. The second-order valence-electron chi connectivity index (χ2n) is 2.06. The van der Waals surface area contributed by atoms with Crippen LogP contribution in [0.4, 0.5) is 0 Å². The summed E-state index contributed by atoms with van der Waals surface area (Å²) in [6.45, 7) is 4.14. The van der Waals surface area contributed by atoms with Crippen LogP contribution in [-0.2, 0) is 0 Å². The van der Waals surface area contributed by atoms with E-state index in [-0.39, 0.29) is 0 Å². The summed E-state index contributed by atoms with van der Waals surface area (Å²) >= 11 is -2.32. The van der Waals surface area contributed by atoms with Gasteiger partial charge in [-0.1, -0.05) is 0 Å². The van der Waals surface area contributed by atoms with E-state index in [0.29, 0.717) is 5.92 Å². The molecule has 0 radical (unpaired) electrons. The summed E-state index contributed by atoms with van der Waals surface area (Å²) in [5.41, 5.74) is 0. The van der Waals surface area contributed by atoms with Gasteiger partial charge in [-0.05, 0) is 0 Å². The maximum absolute atomic E-state index is 8.70. The van der Waals surface area contributed by atoms with Crippen LogP contribution in [0.2, 0.25) is 4.44 Å². The molecule has 0 aromatic rings. The molecule has 0 fully saturated rings.